The number of methoxy groups -OCH3 is 1. The molecule has 3 aromatic rings. The highest BCUT2D eigenvalue weighted by Gasteiger charge is 2.12. The van der Waals surface area contributed by atoms with Crippen LogP contribution in [-0.2, 0) is 13.6 Å². The molecule has 0 amide bonds. The molecular weight excluding hydrogens is 306 g/mol. The summed E-state index contributed by atoms with van der Waals surface area (Å²) in [6, 6.07) is 10.2. The standard InChI is InChI=1S/C18H21N3OS/c1-12-9-15(13(2)21(12)3)16-11-23-18(20-16)19-10-14-7-5-6-8-17(14)22-4/h5-9,11H,10H2,1-4H3,(H,19,20). The lowest BCUT2D eigenvalue weighted by Gasteiger charge is -2.08. The highest BCUT2D eigenvalue weighted by Crippen LogP contribution is 2.30. The summed E-state index contributed by atoms with van der Waals surface area (Å²) in [6.07, 6.45) is 0. The van der Waals surface area contributed by atoms with Gasteiger partial charge in [0.2, 0.25) is 0 Å². The molecule has 4 nitrogen and oxygen atoms in total. The van der Waals surface area contributed by atoms with Crippen molar-refractivity contribution in [2.45, 2.75) is 20.4 Å². The molecule has 0 atom stereocenters. The molecule has 1 N–H and O–H groups in total. The molecule has 0 aliphatic rings. The predicted octanol–water partition coefficient (Wildman–Crippen LogP) is 4.39. The molecule has 0 aliphatic carbocycles. The van der Waals surface area contributed by atoms with Gasteiger partial charge in [-0.3, -0.25) is 0 Å². The van der Waals surface area contributed by atoms with E-state index >= 15 is 0 Å². The maximum Gasteiger partial charge on any atom is 0.183 e. The van der Waals surface area contributed by atoms with E-state index in [-0.39, 0.29) is 0 Å². The quantitative estimate of drug-likeness (QED) is 0.755. The number of rotatable bonds is 5. The Kier molecular flexibility index (Phi) is 4.39. The Bertz CT molecular complexity index is 820. The molecule has 0 saturated carbocycles. The SMILES string of the molecule is COc1ccccc1CNc1nc(-c2cc(C)n(C)c2C)cs1. The Morgan fingerprint density at radius 2 is 2.04 bits per heavy atom. The maximum absolute atomic E-state index is 5.38. The van der Waals surface area contributed by atoms with Crippen LogP contribution in [0.3, 0.4) is 0 Å². The van der Waals surface area contributed by atoms with Crippen molar-refractivity contribution in [1.82, 2.24) is 9.55 Å². The van der Waals surface area contributed by atoms with Gasteiger partial charge in [0.15, 0.2) is 5.13 Å². The fourth-order valence-electron chi connectivity index (χ4n) is 2.61. The van der Waals surface area contributed by atoms with Gasteiger partial charge >= 0.3 is 0 Å². The van der Waals surface area contributed by atoms with Gasteiger partial charge in [-0.25, -0.2) is 4.98 Å². The number of aromatic nitrogens is 2. The smallest absolute Gasteiger partial charge is 0.183 e. The molecule has 23 heavy (non-hydrogen) atoms. The zero-order valence-corrected chi connectivity index (χ0v) is 14.7. The fraction of sp³-hybridized carbons (Fsp3) is 0.278. The number of anilines is 1. The molecule has 2 heterocycles. The minimum absolute atomic E-state index is 0.698. The number of benzene rings is 1. The van der Waals surface area contributed by atoms with E-state index in [2.05, 4.69) is 48.3 Å². The monoisotopic (exact) mass is 327 g/mol. The average molecular weight is 327 g/mol. The largest absolute Gasteiger partial charge is 0.496 e. The number of hydrogen-bond acceptors (Lipinski definition) is 4. The molecule has 1 aromatic carbocycles. The van der Waals surface area contributed by atoms with Gasteiger partial charge in [-0.2, -0.15) is 0 Å². The minimum Gasteiger partial charge on any atom is -0.496 e. The van der Waals surface area contributed by atoms with Crippen molar-refractivity contribution >= 4 is 16.5 Å². The molecule has 0 aliphatic heterocycles. The Hall–Kier alpha value is -2.27. The molecule has 3 rings (SSSR count). The van der Waals surface area contributed by atoms with Gasteiger partial charge in [0, 0.05) is 41.5 Å². The minimum atomic E-state index is 0.698. The summed E-state index contributed by atoms with van der Waals surface area (Å²) >= 11 is 1.63. The van der Waals surface area contributed by atoms with Crippen LogP contribution in [0.25, 0.3) is 11.3 Å². The molecule has 0 radical (unpaired) electrons. The van der Waals surface area contributed by atoms with E-state index < -0.39 is 0 Å². The van der Waals surface area contributed by atoms with Crippen molar-refractivity contribution in [1.29, 1.82) is 0 Å². The van der Waals surface area contributed by atoms with Crippen LogP contribution >= 0.6 is 11.3 Å². The van der Waals surface area contributed by atoms with Crippen LogP contribution in [0.4, 0.5) is 5.13 Å². The van der Waals surface area contributed by atoms with E-state index in [9.17, 15) is 0 Å². The van der Waals surface area contributed by atoms with Crippen molar-refractivity contribution in [2.75, 3.05) is 12.4 Å². The molecule has 0 saturated heterocycles. The number of nitrogens with one attached hydrogen (secondary N) is 1. The lowest BCUT2D eigenvalue weighted by Crippen LogP contribution is -2.01. The average Bonchev–Trinajstić information content (AvgIpc) is 3.13. The molecule has 120 valence electrons. The Morgan fingerprint density at radius 3 is 2.74 bits per heavy atom. The van der Waals surface area contributed by atoms with Crippen molar-refractivity contribution < 1.29 is 4.74 Å². The van der Waals surface area contributed by atoms with Crippen molar-refractivity contribution in [3.63, 3.8) is 0 Å². The predicted molar refractivity (Wildman–Crippen MR) is 96.3 cm³/mol. The third-order valence-electron chi connectivity index (χ3n) is 4.18. The van der Waals surface area contributed by atoms with E-state index in [1.807, 2.05) is 18.2 Å². The second kappa shape index (κ2) is 6.46. The highest BCUT2D eigenvalue weighted by molar-refractivity contribution is 7.14. The topological polar surface area (TPSA) is 39.1 Å². The van der Waals surface area contributed by atoms with E-state index in [0.29, 0.717) is 6.54 Å². The number of nitrogens with zero attached hydrogens (tertiary/aromatic N) is 2. The first-order chi connectivity index (χ1) is 11.1. The van der Waals surface area contributed by atoms with Gasteiger partial charge in [-0.1, -0.05) is 18.2 Å². The van der Waals surface area contributed by atoms with E-state index in [4.69, 9.17) is 9.72 Å². The van der Waals surface area contributed by atoms with Gasteiger partial charge in [0.1, 0.15) is 5.75 Å². The lowest BCUT2D eigenvalue weighted by molar-refractivity contribution is 0.410. The second-order valence-electron chi connectivity index (χ2n) is 5.55. The second-order valence-corrected chi connectivity index (χ2v) is 6.41. The lowest BCUT2D eigenvalue weighted by atomic mass is 10.2. The summed E-state index contributed by atoms with van der Waals surface area (Å²) in [4.78, 5) is 4.72. The number of hydrogen-bond donors (Lipinski definition) is 1. The van der Waals surface area contributed by atoms with E-state index in [1.165, 1.54) is 17.0 Å². The molecule has 0 fully saturated rings. The van der Waals surface area contributed by atoms with Gasteiger partial charge in [0.25, 0.3) is 0 Å². The first-order valence-corrected chi connectivity index (χ1v) is 8.42. The molecule has 0 spiro atoms. The Morgan fingerprint density at radius 1 is 1.26 bits per heavy atom. The molecule has 0 bridgehead atoms. The van der Waals surface area contributed by atoms with E-state index in [1.54, 1.807) is 18.4 Å². The third kappa shape index (κ3) is 3.10. The number of thiazole rings is 1. The van der Waals surface area contributed by atoms with Gasteiger partial charge in [0.05, 0.1) is 12.8 Å². The van der Waals surface area contributed by atoms with Crippen molar-refractivity contribution in [3.05, 3.63) is 52.7 Å². The number of aryl methyl sites for hydroxylation is 1. The summed E-state index contributed by atoms with van der Waals surface area (Å²) in [5.74, 6) is 0.895. The Balaban J connectivity index is 1.76. The van der Waals surface area contributed by atoms with Gasteiger partial charge < -0.3 is 14.6 Å². The summed E-state index contributed by atoms with van der Waals surface area (Å²) in [7, 11) is 3.78. The molecular formula is C18H21N3OS. The number of ether oxygens (including phenoxy) is 1. The van der Waals surface area contributed by atoms with Crippen LogP contribution in [-0.4, -0.2) is 16.7 Å². The summed E-state index contributed by atoms with van der Waals surface area (Å²) < 4.78 is 7.57. The molecule has 2 aromatic heterocycles. The molecule has 0 unspecified atom stereocenters. The van der Waals surface area contributed by atoms with E-state index in [0.717, 1.165) is 22.1 Å². The summed E-state index contributed by atoms with van der Waals surface area (Å²) in [5, 5.41) is 6.41. The van der Waals surface area contributed by atoms with Crippen LogP contribution in [0, 0.1) is 13.8 Å². The van der Waals surface area contributed by atoms with Crippen LogP contribution in [0.1, 0.15) is 17.0 Å². The molecule has 5 heteroatoms. The first-order valence-electron chi connectivity index (χ1n) is 7.54. The third-order valence-corrected chi connectivity index (χ3v) is 4.98. The van der Waals surface area contributed by atoms with Gasteiger partial charge in [-0.05, 0) is 26.0 Å². The fourth-order valence-corrected chi connectivity index (χ4v) is 3.32. The van der Waals surface area contributed by atoms with Crippen LogP contribution < -0.4 is 10.1 Å². The summed E-state index contributed by atoms with van der Waals surface area (Å²) in [5.41, 5.74) is 5.84. The van der Waals surface area contributed by atoms with Crippen LogP contribution in [0.2, 0.25) is 0 Å². The van der Waals surface area contributed by atoms with Crippen LogP contribution in [0.5, 0.6) is 5.75 Å². The highest BCUT2D eigenvalue weighted by atomic mass is 32.1. The summed E-state index contributed by atoms with van der Waals surface area (Å²) in [6.45, 7) is 4.94. The normalized spacial score (nSPS) is 10.8. The van der Waals surface area contributed by atoms with Crippen molar-refractivity contribution in [3.8, 4) is 17.0 Å². The maximum atomic E-state index is 5.38. The number of para-hydroxylation sites is 1. The zero-order chi connectivity index (χ0) is 16.4. The Labute approximate surface area is 140 Å². The van der Waals surface area contributed by atoms with Crippen molar-refractivity contribution in [2.24, 2.45) is 7.05 Å². The zero-order valence-electron chi connectivity index (χ0n) is 13.9. The van der Waals surface area contributed by atoms with Gasteiger partial charge in [-0.15, -0.1) is 11.3 Å². The van der Waals surface area contributed by atoms with Crippen LogP contribution in [0.15, 0.2) is 35.7 Å². The first kappa shape index (κ1) is 15.6.